The van der Waals surface area contributed by atoms with E-state index in [-0.39, 0.29) is 12.1 Å². The summed E-state index contributed by atoms with van der Waals surface area (Å²) in [5.41, 5.74) is 0.151. The first-order valence-corrected chi connectivity index (χ1v) is 4.04. The van der Waals surface area contributed by atoms with Crippen molar-refractivity contribution in [3.63, 3.8) is 0 Å². The van der Waals surface area contributed by atoms with Crippen LogP contribution in [0.4, 0.5) is 0 Å². The van der Waals surface area contributed by atoms with Gasteiger partial charge in [0.25, 0.3) is 0 Å². The number of hydrogen-bond acceptors (Lipinski definition) is 2. The van der Waals surface area contributed by atoms with E-state index in [9.17, 15) is 4.79 Å². The molecule has 0 atom stereocenters. The maximum atomic E-state index is 10.2. The third-order valence-electron chi connectivity index (χ3n) is 2.49. The number of carboxylic acids is 1. The van der Waals surface area contributed by atoms with Gasteiger partial charge in [0, 0.05) is 5.54 Å². The monoisotopic (exact) mass is 157 g/mol. The van der Waals surface area contributed by atoms with Gasteiger partial charge in [0.15, 0.2) is 0 Å². The molecule has 2 N–H and O–H groups in total. The predicted molar refractivity (Wildman–Crippen MR) is 42.4 cm³/mol. The topological polar surface area (TPSA) is 49.3 Å². The van der Waals surface area contributed by atoms with Crippen LogP contribution in [-0.4, -0.2) is 23.2 Å². The minimum atomic E-state index is -0.767. The molecule has 0 aromatic carbocycles. The lowest BCUT2D eigenvalue weighted by atomic mass is 10.0. The second-order valence-corrected chi connectivity index (χ2v) is 3.56. The molecule has 0 aromatic heterocycles. The molecule has 0 bridgehead atoms. The van der Waals surface area contributed by atoms with Gasteiger partial charge in [0.05, 0.1) is 6.54 Å². The van der Waals surface area contributed by atoms with E-state index in [0.29, 0.717) is 5.92 Å². The third-order valence-corrected chi connectivity index (χ3v) is 2.49. The van der Waals surface area contributed by atoms with Crippen LogP contribution in [0.15, 0.2) is 0 Å². The highest BCUT2D eigenvalue weighted by atomic mass is 16.4. The first kappa shape index (κ1) is 8.53. The van der Waals surface area contributed by atoms with E-state index in [2.05, 4.69) is 19.2 Å². The number of carbonyl (C=O) groups is 1. The molecule has 0 aromatic rings. The van der Waals surface area contributed by atoms with Gasteiger partial charge in [-0.2, -0.15) is 0 Å². The largest absolute Gasteiger partial charge is 0.480 e. The Labute approximate surface area is 66.8 Å². The Bertz CT molecular complexity index is 161. The SMILES string of the molecule is CC(C)C1(NCC(=O)O)CC1. The van der Waals surface area contributed by atoms with Crippen LogP contribution < -0.4 is 5.32 Å². The number of carboxylic acid groups (broad SMARTS) is 1. The molecule has 1 fully saturated rings. The lowest BCUT2D eigenvalue weighted by Crippen LogP contribution is -2.39. The molecule has 1 rings (SSSR count). The van der Waals surface area contributed by atoms with Gasteiger partial charge in [0.1, 0.15) is 0 Å². The van der Waals surface area contributed by atoms with Gasteiger partial charge < -0.3 is 10.4 Å². The zero-order valence-electron chi connectivity index (χ0n) is 7.05. The van der Waals surface area contributed by atoms with Crippen molar-refractivity contribution in [3.8, 4) is 0 Å². The van der Waals surface area contributed by atoms with Crippen LogP contribution in [0.3, 0.4) is 0 Å². The Morgan fingerprint density at radius 3 is 2.45 bits per heavy atom. The van der Waals surface area contributed by atoms with Crippen molar-refractivity contribution in [2.75, 3.05) is 6.54 Å². The van der Waals surface area contributed by atoms with Crippen LogP contribution in [0.25, 0.3) is 0 Å². The molecule has 0 aliphatic heterocycles. The van der Waals surface area contributed by atoms with E-state index in [4.69, 9.17) is 5.11 Å². The van der Waals surface area contributed by atoms with E-state index in [1.54, 1.807) is 0 Å². The summed E-state index contributed by atoms with van der Waals surface area (Å²) in [6.45, 7) is 4.35. The average Bonchev–Trinajstić information content (AvgIpc) is 2.63. The third kappa shape index (κ3) is 1.93. The predicted octanol–water partition coefficient (Wildman–Crippen LogP) is 0.849. The molecule has 1 aliphatic rings. The van der Waals surface area contributed by atoms with E-state index in [0.717, 1.165) is 12.8 Å². The summed E-state index contributed by atoms with van der Waals surface area (Å²) in [5.74, 6) is -0.223. The summed E-state index contributed by atoms with van der Waals surface area (Å²) in [7, 11) is 0. The Hall–Kier alpha value is -0.570. The maximum Gasteiger partial charge on any atom is 0.317 e. The molecule has 3 heteroatoms. The second kappa shape index (κ2) is 2.81. The molecular formula is C8H15NO2. The van der Waals surface area contributed by atoms with E-state index < -0.39 is 5.97 Å². The number of nitrogens with one attached hydrogen (secondary N) is 1. The lowest BCUT2D eigenvalue weighted by Gasteiger charge is -2.19. The molecule has 64 valence electrons. The molecule has 0 radical (unpaired) electrons. The maximum absolute atomic E-state index is 10.2. The van der Waals surface area contributed by atoms with Gasteiger partial charge in [-0.1, -0.05) is 13.8 Å². The Kier molecular flexibility index (Phi) is 2.18. The quantitative estimate of drug-likeness (QED) is 0.636. The number of aliphatic carboxylic acids is 1. The van der Waals surface area contributed by atoms with Crippen molar-refractivity contribution < 1.29 is 9.90 Å². The molecule has 0 spiro atoms. The minimum absolute atomic E-state index is 0.0954. The van der Waals surface area contributed by atoms with Gasteiger partial charge >= 0.3 is 5.97 Å². The molecule has 3 nitrogen and oxygen atoms in total. The molecule has 0 amide bonds. The molecule has 0 saturated heterocycles. The molecule has 0 unspecified atom stereocenters. The average molecular weight is 157 g/mol. The minimum Gasteiger partial charge on any atom is -0.480 e. The standard InChI is InChI=1S/C8H15NO2/c1-6(2)8(3-4-8)9-5-7(10)11/h6,9H,3-5H2,1-2H3,(H,10,11). The van der Waals surface area contributed by atoms with Crippen LogP contribution in [-0.2, 0) is 4.79 Å². The van der Waals surface area contributed by atoms with Crippen molar-refractivity contribution in [1.82, 2.24) is 5.32 Å². The smallest absolute Gasteiger partial charge is 0.317 e. The number of hydrogen-bond donors (Lipinski definition) is 2. The summed E-state index contributed by atoms with van der Waals surface area (Å²) in [6, 6.07) is 0. The summed E-state index contributed by atoms with van der Waals surface area (Å²) in [6.07, 6.45) is 2.25. The summed E-state index contributed by atoms with van der Waals surface area (Å²) < 4.78 is 0. The Morgan fingerprint density at radius 1 is 1.64 bits per heavy atom. The molecular weight excluding hydrogens is 142 g/mol. The lowest BCUT2D eigenvalue weighted by molar-refractivity contribution is -0.136. The Balaban J connectivity index is 2.30. The van der Waals surface area contributed by atoms with E-state index in [1.165, 1.54) is 0 Å². The van der Waals surface area contributed by atoms with E-state index in [1.807, 2.05) is 0 Å². The number of rotatable bonds is 4. The van der Waals surface area contributed by atoms with Crippen LogP contribution >= 0.6 is 0 Å². The second-order valence-electron chi connectivity index (χ2n) is 3.56. The summed E-state index contributed by atoms with van der Waals surface area (Å²) >= 11 is 0. The molecule has 0 heterocycles. The zero-order chi connectivity index (χ0) is 8.48. The highest BCUT2D eigenvalue weighted by molar-refractivity contribution is 5.69. The summed E-state index contributed by atoms with van der Waals surface area (Å²) in [4.78, 5) is 10.2. The van der Waals surface area contributed by atoms with Gasteiger partial charge in [-0.3, -0.25) is 4.79 Å². The fraction of sp³-hybridized carbons (Fsp3) is 0.875. The van der Waals surface area contributed by atoms with Crippen molar-refractivity contribution in [1.29, 1.82) is 0 Å². The first-order valence-electron chi connectivity index (χ1n) is 4.04. The first-order chi connectivity index (χ1) is 5.07. The fourth-order valence-electron chi connectivity index (χ4n) is 1.34. The molecule has 1 saturated carbocycles. The van der Waals surface area contributed by atoms with Gasteiger partial charge in [0.2, 0.25) is 0 Å². The van der Waals surface area contributed by atoms with Crippen molar-refractivity contribution in [3.05, 3.63) is 0 Å². The molecule has 11 heavy (non-hydrogen) atoms. The highest BCUT2D eigenvalue weighted by Gasteiger charge is 2.44. The van der Waals surface area contributed by atoms with Crippen LogP contribution in [0, 0.1) is 5.92 Å². The molecule has 1 aliphatic carbocycles. The van der Waals surface area contributed by atoms with Crippen LogP contribution in [0.1, 0.15) is 26.7 Å². The summed E-state index contributed by atoms with van der Waals surface area (Å²) in [5, 5.41) is 11.5. The van der Waals surface area contributed by atoms with Gasteiger partial charge in [-0.25, -0.2) is 0 Å². The van der Waals surface area contributed by atoms with E-state index >= 15 is 0 Å². The highest BCUT2D eigenvalue weighted by Crippen LogP contribution is 2.41. The van der Waals surface area contributed by atoms with Crippen molar-refractivity contribution in [2.45, 2.75) is 32.2 Å². The van der Waals surface area contributed by atoms with Crippen LogP contribution in [0.2, 0.25) is 0 Å². The normalized spacial score (nSPS) is 20.3. The zero-order valence-corrected chi connectivity index (χ0v) is 7.05. The fourth-order valence-corrected chi connectivity index (χ4v) is 1.34. The van der Waals surface area contributed by atoms with Gasteiger partial charge in [-0.05, 0) is 18.8 Å². The van der Waals surface area contributed by atoms with Gasteiger partial charge in [-0.15, -0.1) is 0 Å². The van der Waals surface area contributed by atoms with Crippen LogP contribution in [0.5, 0.6) is 0 Å². The Morgan fingerprint density at radius 2 is 2.18 bits per heavy atom. The van der Waals surface area contributed by atoms with Crippen molar-refractivity contribution >= 4 is 5.97 Å². The van der Waals surface area contributed by atoms with Crippen molar-refractivity contribution in [2.24, 2.45) is 5.92 Å².